The lowest BCUT2D eigenvalue weighted by Crippen LogP contribution is -2.12. The summed E-state index contributed by atoms with van der Waals surface area (Å²) in [6, 6.07) is 10.8. The lowest BCUT2D eigenvalue weighted by molar-refractivity contribution is 0.102. The van der Waals surface area contributed by atoms with Crippen molar-refractivity contribution in [1.82, 2.24) is 4.98 Å². The number of hydrogen-bond donors (Lipinski definition) is 1. The van der Waals surface area contributed by atoms with E-state index in [0.717, 1.165) is 3.57 Å². The Kier molecular flexibility index (Phi) is 4.14. The summed E-state index contributed by atoms with van der Waals surface area (Å²) in [6.07, 6.45) is 1.56. The Morgan fingerprint density at radius 1 is 1.33 bits per heavy atom. The van der Waals surface area contributed by atoms with Crippen molar-refractivity contribution < 1.29 is 9.53 Å². The fourth-order valence-electron chi connectivity index (χ4n) is 1.41. The summed E-state index contributed by atoms with van der Waals surface area (Å²) in [6.45, 7) is 0. The van der Waals surface area contributed by atoms with Gasteiger partial charge in [0, 0.05) is 15.2 Å². The van der Waals surface area contributed by atoms with Crippen LogP contribution in [0.1, 0.15) is 10.4 Å². The summed E-state index contributed by atoms with van der Waals surface area (Å²) in [5.74, 6) is 0.364. The van der Waals surface area contributed by atoms with Crippen molar-refractivity contribution in [2.24, 2.45) is 0 Å². The summed E-state index contributed by atoms with van der Waals surface area (Å²) >= 11 is 2.17. The molecule has 0 fully saturated rings. The minimum atomic E-state index is -0.152. The van der Waals surface area contributed by atoms with E-state index >= 15 is 0 Å². The Labute approximate surface area is 119 Å². The molecule has 4 nitrogen and oxygen atoms in total. The topological polar surface area (TPSA) is 51.2 Å². The van der Waals surface area contributed by atoms with Crippen LogP contribution in [0.25, 0.3) is 0 Å². The predicted molar refractivity (Wildman–Crippen MR) is 77.9 cm³/mol. The Balaban J connectivity index is 2.11. The number of ether oxygens (including phenoxy) is 1. The molecule has 1 aromatic heterocycles. The first kappa shape index (κ1) is 12.8. The summed E-state index contributed by atoms with van der Waals surface area (Å²) in [4.78, 5) is 16.0. The first-order valence-electron chi connectivity index (χ1n) is 5.26. The maximum Gasteiger partial charge on any atom is 0.255 e. The zero-order valence-electron chi connectivity index (χ0n) is 9.68. The third-order valence-corrected chi connectivity index (χ3v) is 2.96. The molecule has 0 saturated heterocycles. The van der Waals surface area contributed by atoms with E-state index in [1.807, 2.05) is 18.2 Å². The number of nitrogens with one attached hydrogen (secondary N) is 1. The maximum atomic E-state index is 11.9. The van der Waals surface area contributed by atoms with Crippen LogP contribution in [0.15, 0.2) is 42.6 Å². The number of pyridine rings is 1. The summed E-state index contributed by atoms with van der Waals surface area (Å²) < 4.78 is 5.97. The van der Waals surface area contributed by atoms with Crippen LogP contribution in [0.5, 0.6) is 5.88 Å². The molecule has 5 heteroatoms. The average Bonchev–Trinajstić information content (AvgIpc) is 2.39. The second kappa shape index (κ2) is 5.81. The van der Waals surface area contributed by atoms with E-state index in [2.05, 4.69) is 32.9 Å². The van der Waals surface area contributed by atoms with Crippen molar-refractivity contribution in [3.8, 4) is 5.88 Å². The molecule has 0 aliphatic carbocycles. The van der Waals surface area contributed by atoms with Gasteiger partial charge in [0.2, 0.25) is 5.88 Å². The van der Waals surface area contributed by atoms with Crippen molar-refractivity contribution in [2.75, 3.05) is 12.4 Å². The number of amides is 1. The largest absolute Gasteiger partial charge is 0.481 e. The molecule has 0 radical (unpaired) electrons. The minimum Gasteiger partial charge on any atom is -0.481 e. The van der Waals surface area contributed by atoms with Crippen LogP contribution in [-0.2, 0) is 0 Å². The van der Waals surface area contributed by atoms with Crippen LogP contribution in [0.2, 0.25) is 0 Å². The Hall–Kier alpha value is -1.63. The minimum absolute atomic E-state index is 0.152. The lowest BCUT2D eigenvalue weighted by Gasteiger charge is -2.05. The molecular formula is C13H11IN2O2. The normalized spacial score (nSPS) is 9.89. The molecule has 1 heterocycles. The van der Waals surface area contributed by atoms with E-state index in [1.54, 1.807) is 31.5 Å². The Bertz CT molecular complexity index is 555. The van der Waals surface area contributed by atoms with Crippen LogP contribution in [-0.4, -0.2) is 18.0 Å². The smallest absolute Gasteiger partial charge is 0.255 e. The number of benzene rings is 1. The number of aromatic nitrogens is 1. The Morgan fingerprint density at radius 2 is 2.17 bits per heavy atom. The van der Waals surface area contributed by atoms with Gasteiger partial charge in [0.15, 0.2) is 0 Å². The van der Waals surface area contributed by atoms with Gasteiger partial charge >= 0.3 is 0 Å². The molecule has 2 aromatic rings. The van der Waals surface area contributed by atoms with E-state index in [9.17, 15) is 4.79 Å². The lowest BCUT2D eigenvalue weighted by atomic mass is 10.2. The highest BCUT2D eigenvalue weighted by Crippen LogP contribution is 2.13. The molecule has 92 valence electrons. The highest BCUT2D eigenvalue weighted by atomic mass is 127. The van der Waals surface area contributed by atoms with Gasteiger partial charge in [0.1, 0.15) is 0 Å². The molecule has 1 N–H and O–H groups in total. The number of nitrogens with zero attached hydrogens (tertiary/aromatic N) is 1. The SMILES string of the molecule is COc1ccc(NC(=O)c2cccc(I)c2)cn1. The van der Waals surface area contributed by atoms with Gasteiger partial charge in [-0.1, -0.05) is 6.07 Å². The third-order valence-electron chi connectivity index (χ3n) is 2.29. The van der Waals surface area contributed by atoms with Crippen LogP contribution in [0.3, 0.4) is 0 Å². The molecule has 1 aromatic carbocycles. The van der Waals surface area contributed by atoms with Crippen molar-refractivity contribution in [1.29, 1.82) is 0 Å². The fraction of sp³-hybridized carbons (Fsp3) is 0.0769. The number of anilines is 1. The number of carbonyl (C=O) groups is 1. The van der Waals surface area contributed by atoms with Gasteiger partial charge in [-0.15, -0.1) is 0 Å². The third kappa shape index (κ3) is 3.19. The zero-order chi connectivity index (χ0) is 13.0. The molecule has 0 bridgehead atoms. The van der Waals surface area contributed by atoms with Gasteiger partial charge < -0.3 is 10.1 Å². The molecule has 0 aliphatic rings. The predicted octanol–water partition coefficient (Wildman–Crippen LogP) is 2.95. The standard InChI is InChI=1S/C13H11IN2O2/c1-18-12-6-5-11(8-15-12)16-13(17)9-3-2-4-10(14)7-9/h2-8H,1H3,(H,16,17). The zero-order valence-corrected chi connectivity index (χ0v) is 11.8. The van der Waals surface area contributed by atoms with E-state index in [0.29, 0.717) is 17.1 Å². The van der Waals surface area contributed by atoms with Gasteiger partial charge in [-0.25, -0.2) is 4.98 Å². The van der Waals surface area contributed by atoms with Crippen LogP contribution >= 0.6 is 22.6 Å². The van der Waals surface area contributed by atoms with Crippen molar-refractivity contribution in [3.63, 3.8) is 0 Å². The molecule has 2 rings (SSSR count). The second-order valence-electron chi connectivity index (χ2n) is 3.55. The van der Waals surface area contributed by atoms with Crippen LogP contribution in [0.4, 0.5) is 5.69 Å². The number of rotatable bonds is 3. The molecular weight excluding hydrogens is 343 g/mol. The highest BCUT2D eigenvalue weighted by Gasteiger charge is 2.06. The first-order chi connectivity index (χ1) is 8.69. The van der Waals surface area contributed by atoms with Gasteiger partial charge in [-0.05, 0) is 46.9 Å². The quantitative estimate of drug-likeness (QED) is 0.863. The van der Waals surface area contributed by atoms with Crippen LogP contribution < -0.4 is 10.1 Å². The molecule has 0 saturated carbocycles. The second-order valence-corrected chi connectivity index (χ2v) is 4.80. The van der Waals surface area contributed by atoms with Gasteiger partial charge in [-0.2, -0.15) is 0 Å². The monoisotopic (exact) mass is 354 g/mol. The molecule has 0 spiro atoms. The number of halogens is 1. The van der Waals surface area contributed by atoms with Gasteiger partial charge in [0.05, 0.1) is 19.0 Å². The number of carbonyl (C=O) groups excluding carboxylic acids is 1. The van der Waals surface area contributed by atoms with Crippen molar-refractivity contribution in [3.05, 3.63) is 51.7 Å². The van der Waals surface area contributed by atoms with Gasteiger partial charge in [0.25, 0.3) is 5.91 Å². The number of hydrogen-bond acceptors (Lipinski definition) is 3. The summed E-state index contributed by atoms with van der Waals surface area (Å²) in [7, 11) is 1.55. The first-order valence-corrected chi connectivity index (χ1v) is 6.34. The van der Waals surface area contributed by atoms with E-state index in [-0.39, 0.29) is 5.91 Å². The molecule has 1 amide bonds. The fourth-order valence-corrected chi connectivity index (χ4v) is 1.95. The van der Waals surface area contributed by atoms with E-state index < -0.39 is 0 Å². The maximum absolute atomic E-state index is 11.9. The molecule has 0 unspecified atom stereocenters. The van der Waals surface area contributed by atoms with E-state index in [4.69, 9.17) is 4.74 Å². The highest BCUT2D eigenvalue weighted by molar-refractivity contribution is 14.1. The van der Waals surface area contributed by atoms with Crippen molar-refractivity contribution >= 4 is 34.2 Å². The molecule has 0 atom stereocenters. The Morgan fingerprint density at radius 3 is 2.78 bits per heavy atom. The number of methoxy groups -OCH3 is 1. The summed E-state index contributed by atoms with van der Waals surface area (Å²) in [5.41, 5.74) is 1.26. The molecule has 0 aliphatic heterocycles. The average molecular weight is 354 g/mol. The van der Waals surface area contributed by atoms with E-state index in [1.165, 1.54) is 0 Å². The van der Waals surface area contributed by atoms with Gasteiger partial charge in [-0.3, -0.25) is 4.79 Å². The van der Waals surface area contributed by atoms with Crippen molar-refractivity contribution in [2.45, 2.75) is 0 Å². The summed E-state index contributed by atoms with van der Waals surface area (Å²) in [5, 5.41) is 2.78. The molecule has 18 heavy (non-hydrogen) atoms. The van der Waals surface area contributed by atoms with Crippen LogP contribution in [0, 0.1) is 3.57 Å².